The molecule has 0 aliphatic carbocycles. The van der Waals surface area contributed by atoms with Crippen molar-refractivity contribution in [2.24, 2.45) is 0 Å². The van der Waals surface area contributed by atoms with Crippen molar-refractivity contribution < 1.29 is 14.3 Å². The molecule has 0 saturated carbocycles. The van der Waals surface area contributed by atoms with Gasteiger partial charge in [0.25, 0.3) is 0 Å². The number of rotatable bonds is 8. The summed E-state index contributed by atoms with van der Waals surface area (Å²) < 4.78 is 10.1. The topological polar surface area (TPSA) is 63.7 Å². The number of aromatic nitrogens is 1. The molecule has 0 spiro atoms. The Labute approximate surface area is 120 Å². The quantitative estimate of drug-likeness (QED) is 0.713. The summed E-state index contributed by atoms with van der Waals surface area (Å²) in [5.74, 6) is 0.225. The van der Waals surface area contributed by atoms with Crippen molar-refractivity contribution in [1.82, 2.24) is 15.2 Å². The molecule has 1 unspecified atom stereocenters. The molecule has 0 bridgehead atoms. The molecule has 1 heterocycles. The van der Waals surface area contributed by atoms with Crippen LogP contribution in [0.1, 0.15) is 18.5 Å². The van der Waals surface area contributed by atoms with E-state index in [0.717, 1.165) is 12.1 Å². The molecular formula is C14H23N3O3. The third kappa shape index (κ3) is 5.14. The van der Waals surface area contributed by atoms with Crippen LogP contribution < -0.4 is 10.1 Å². The van der Waals surface area contributed by atoms with Gasteiger partial charge in [-0.25, -0.2) is 9.78 Å². The van der Waals surface area contributed by atoms with E-state index in [0.29, 0.717) is 19.0 Å². The van der Waals surface area contributed by atoms with Crippen LogP contribution in [0.5, 0.6) is 5.88 Å². The third-order valence-electron chi connectivity index (χ3n) is 2.73. The van der Waals surface area contributed by atoms with Crippen molar-refractivity contribution in [1.29, 1.82) is 0 Å². The molecule has 1 atom stereocenters. The highest BCUT2D eigenvalue weighted by atomic mass is 16.5. The van der Waals surface area contributed by atoms with Gasteiger partial charge in [-0.1, -0.05) is 0 Å². The number of likely N-dealkylation sites (N-methyl/N-ethyl adjacent to an activating group) is 1. The van der Waals surface area contributed by atoms with E-state index in [-0.39, 0.29) is 5.97 Å². The van der Waals surface area contributed by atoms with Crippen molar-refractivity contribution in [3.8, 4) is 5.88 Å². The molecule has 1 N–H and O–H groups in total. The molecule has 0 aromatic carbocycles. The first-order chi connectivity index (χ1) is 9.58. The Balaban J connectivity index is 2.76. The first kappa shape index (κ1) is 16.4. The summed E-state index contributed by atoms with van der Waals surface area (Å²) in [6, 6.07) is 3.04. The monoisotopic (exact) mass is 281 g/mol. The lowest BCUT2D eigenvalue weighted by molar-refractivity contribution is -0.145. The number of carbonyl (C=O) groups excluding carboxylic acids is 1. The van der Waals surface area contributed by atoms with Gasteiger partial charge in [-0.3, -0.25) is 5.32 Å². The van der Waals surface area contributed by atoms with Gasteiger partial charge in [0.05, 0.1) is 13.7 Å². The average Bonchev–Trinajstić information content (AvgIpc) is 2.44. The number of nitrogens with one attached hydrogen (secondary N) is 1. The molecule has 6 nitrogen and oxygen atoms in total. The predicted molar refractivity (Wildman–Crippen MR) is 76.7 cm³/mol. The summed E-state index contributed by atoms with van der Waals surface area (Å²) in [6.07, 6.45) is 1.63. The maximum Gasteiger partial charge on any atom is 0.327 e. The zero-order valence-electron chi connectivity index (χ0n) is 12.5. The Morgan fingerprint density at radius 2 is 2.20 bits per heavy atom. The molecular weight excluding hydrogens is 258 g/mol. The fourth-order valence-electron chi connectivity index (χ4n) is 1.68. The van der Waals surface area contributed by atoms with Crippen molar-refractivity contribution in [2.45, 2.75) is 13.0 Å². The minimum Gasteiger partial charge on any atom is -0.481 e. The van der Waals surface area contributed by atoms with Gasteiger partial charge < -0.3 is 14.4 Å². The molecule has 0 fully saturated rings. The Kier molecular flexibility index (Phi) is 6.97. The first-order valence-corrected chi connectivity index (χ1v) is 6.63. The molecule has 1 rings (SSSR count). The predicted octanol–water partition coefficient (Wildman–Crippen LogP) is 0.846. The lowest BCUT2D eigenvalue weighted by Crippen LogP contribution is -2.35. The smallest absolute Gasteiger partial charge is 0.327 e. The number of nitrogens with zero attached hydrogens (tertiary/aromatic N) is 2. The van der Waals surface area contributed by atoms with Crippen LogP contribution in [-0.2, 0) is 9.53 Å². The second-order valence-electron chi connectivity index (χ2n) is 4.58. The van der Waals surface area contributed by atoms with Crippen LogP contribution in [0.15, 0.2) is 18.3 Å². The maximum absolute atomic E-state index is 12.0. The van der Waals surface area contributed by atoms with Gasteiger partial charge in [-0.05, 0) is 32.6 Å². The van der Waals surface area contributed by atoms with Gasteiger partial charge in [0.15, 0.2) is 0 Å². The van der Waals surface area contributed by atoms with Gasteiger partial charge in [0, 0.05) is 25.4 Å². The molecule has 1 aromatic heterocycles. The van der Waals surface area contributed by atoms with Gasteiger partial charge in [0.1, 0.15) is 6.04 Å². The van der Waals surface area contributed by atoms with E-state index in [1.54, 1.807) is 26.3 Å². The Hall–Kier alpha value is -1.66. The molecule has 1 aromatic rings. The van der Waals surface area contributed by atoms with Crippen molar-refractivity contribution in [3.63, 3.8) is 0 Å². The number of hydrogen-bond acceptors (Lipinski definition) is 6. The third-order valence-corrected chi connectivity index (χ3v) is 2.73. The Morgan fingerprint density at radius 3 is 2.70 bits per heavy atom. The molecule has 0 radical (unpaired) electrons. The van der Waals surface area contributed by atoms with Gasteiger partial charge >= 0.3 is 5.97 Å². The van der Waals surface area contributed by atoms with E-state index in [9.17, 15) is 4.79 Å². The van der Waals surface area contributed by atoms with Crippen LogP contribution in [0, 0.1) is 0 Å². The first-order valence-electron chi connectivity index (χ1n) is 6.63. The van der Waals surface area contributed by atoms with Gasteiger partial charge in [-0.2, -0.15) is 0 Å². The summed E-state index contributed by atoms with van der Waals surface area (Å²) in [6.45, 7) is 3.66. The number of hydrogen-bond donors (Lipinski definition) is 1. The lowest BCUT2D eigenvalue weighted by atomic mass is 10.1. The molecule has 20 heavy (non-hydrogen) atoms. The van der Waals surface area contributed by atoms with E-state index in [4.69, 9.17) is 9.47 Å². The van der Waals surface area contributed by atoms with Gasteiger partial charge in [0.2, 0.25) is 5.88 Å². The van der Waals surface area contributed by atoms with Crippen LogP contribution in [0.2, 0.25) is 0 Å². The summed E-state index contributed by atoms with van der Waals surface area (Å²) in [4.78, 5) is 18.2. The van der Waals surface area contributed by atoms with Crippen LogP contribution >= 0.6 is 0 Å². The molecule has 0 aliphatic heterocycles. The highest BCUT2D eigenvalue weighted by molar-refractivity contribution is 5.77. The van der Waals surface area contributed by atoms with Crippen LogP contribution in [0.4, 0.5) is 0 Å². The zero-order valence-corrected chi connectivity index (χ0v) is 12.5. The van der Waals surface area contributed by atoms with E-state index < -0.39 is 6.04 Å². The molecule has 112 valence electrons. The van der Waals surface area contributed by atoms with Crippen LogP contribution in [-0.4, -0.2) is 56.8 Å². The van der Waals surface area contributed by atoms with Crippen molar-refractivity contribution >= 4 is 5.97 Å². The highest BCUT2D eigenvalue weighted by Gasteiger charge is 2.21. The fourth-order valence-corrected chi connectivity index (χ4v) is 1.68. The molecule has 0 saturated heterocycles. The SMILES string of the molecule is CCOC(=O)C(NCCN(C)C)c1ccc(OC)nc1. The average molecular weight is 281 g/mol. The lowest BCUT2D eigenvalue weighted by Gasteiger charge is -2.19. The second kappa shape index (κ2) is 8.50. The summed E-state index contributed by atoms with van der Waals surface area (Å²) in [7, 11) is 5.52. The minimum absolute atomic E-state index is 0.293. The van der Waals surface area contributed by atoms with Gasteiger partial charge in [-0.15, -0.1) is 0 Å². The summed E-state index contributed by atoms with van der Waals surface area (Å²) in [5, 5.41) is 3.19. The zero-order chi connectivity index (χ0) is 15.0. The fraction of sp³-hybridized carbons (Fsp3) is 0.571. The van der Waals surface area contributed by atoms with E-state index in [2.05, 4.69) is 10.3 Å². The standard InChI is InChI=1S/C14H23N3O3/c1-5-20-14(18)13(15-8-9-17(2)3)11-6-7-12(19-4)16-10-11/h6-7,10,13,15H,5,8-9H2,1-4H3. The minimum atomic E-state index is -0.506. The molecule has 0 aliphatic rings. The Bertz CT molecular complexity index is 407. The van der Waals surface area contributed by atoms with Crippen LogP contribution in [0.25, 0.3) is 0 Å². The maximum atomic E-state index is 12.0. The second-order valence-corrected chi connectivity index (χ2v) is 4.58. The highest BCUT2D eigenvalue weighted by Crippen LogP contribution is 2.16. The van der Waals surface area contributed by atoms with E-state index in [1.807, 2.05) is 25.1 Å². The largest absolute Gasteiger partial charge is 0.481 e. The van der Waals surface area contributed by atoms with Crippen LogP contribution in [0.3, 0.4) is 0 Å². The van der Waals surface area contributed by atoms with E-state index >= 15 is 0 Å². The Morgan fingerprint density at radius 1 is 1.45 bits per heavy atom. The molecule has 6 heteroatoms. The summed E-state index contributed by atoms with van der Waals surface area (Å²) in [5.41, 5.74) is 0.767. The van der Waals surface area contributed by atoms with Crippen molar-refractivity contribution in [3.05, 3.63) is 23.9 Å². The normalized spacial score (nSPS) is 12.2. The molecule has 0 amide bonds. The number of ether oxygens (including phenoxy) is 2. The summed E-state index contributed by atoms with van der Waals surface area (Å²) >= 11 is 0. The number of pyridine rings is 1. The van der Waals surface area contributed by atoms with Crippen molar-refractivity contribution in [2.75, 3.05) is 40.9 Å². The number of carbonyl (C=O) groups is 1. The number of esters is 1. The number of methoxy groups -OCH3 is 1. The van der Waals surface area contributed by atoms with E-state index in [1.165, 1.54) is 0 Å².